The number of piperidine rings is 2. The molecule has 3 N–H and O–H groups in total. The van der Waals surface area contributed by atoms with Gasteiger partial charge in [0.25, 0.3) is 5.56 Å². The molecule has 2 aromatic carbocycles. The van der Waals surface area contributed by atoms with E-state index in [0.717, 1.165) is 26.1 Å². The third-order valence-corrected chi connectivity index (χ3v) is 8.66. The highest BCUT2D eigenvalue weighted by atomic mass is 16.3. The summed E-state index contributed by atoms with van der Waals surface area (Å²) in [6.07, 6.45) is 3.01. The topological polar surface area (TPSA) is 118 Å². The molecule has 4 heterocycles. The average molecular weight is 553 g/mol. The summed E-state index contributed by atoms with van der Waals surface area (Å²) in [6, 6.07) is 24.1. The van der Waals surface area contributed by atoms with E-state index in [0.29, 0.717) is 31.4 Å². The lowest BCUT2D eigenvalue weighted by molar-refractivity contribution is -0.142. The number of nitrogens with zero attached hydrogens (tertiary/aromatic N) is 5. The lowest BCUT2D eigenvalue weighted by Crippen LogP contribution is -2.53. The first-order valence-electron chi connectivity index (χ1n) is 14.3. The fourth-order valence-electron chi connectivity index (χ4n) is 6.35. The highest BCUT2D eigenvalue weighted by Gasteiger charge is 2.40. The Bertz CT molecular complexity index is 1570. The number of aromatic nitrogens is 3. The molecule has 0 aliphatic carbocycles. The van der Waals surface area contributed by atoms with Crippen LogP contribution in [-0.4, -0.2) is 67.1 Å². The Morgan fingerprint density at radius 1 is 0.976 bits per heavy atom. The van der Waals surface area contributed by atoms with Gasteiger partial charge in [0, 0.05) is 38.0 Å². The van der Waals surface area contributed by atoms with E-state index in [9.17, 15) is 14.7 Å². The van der Waals surface area contributed by atoms with E-state index >= 15 is 0 Å². The van der Waals surface area contributed by atoms with Crippen LogP contribution in [-0.2, 0) is 17.9 Å². The third-order valence-electron chi connectivity index (χ3n) is 8.66. The van der Waals surface area contributed by atoms with Crippen molar-refractivity contribution in [2.45, 2.75) is 43.9 Å². The molecule has 9 nitrogen and oxygen atoms in total. The Hall–Kier alpha value is -4.08. The van der Waals surface area contributed by atoms with Crippen molar-refractivity contribution in [2.24, 2.45) is 5.92 Å². The molecule has 0 spiro atoms. The Morgan fingerprint density at radius 3 is 2.41 bits per heavy atom. The maximum absolute atomic E-state index is 13.9. The van der Waals surface area contributed by atoms with Crippen molar-refractivity contribution in [3.05, 3.63) is 101 Å². The van der Waals surface area contributed by atoms with Crippen LogP contribution in [0.25, 0.3) is 11.0 Å². The van der Waals surface area contributed by atoms with Gasteiger partial charge in [0.1, 0.15) is 5.82 Å². The zero-order valence-corrected chi connectivity index (χ0v) is 23.1. The zero-order chi connectivity index (χ0) is 28.4. The molecule has 1 amide bonds. The SMILES string of the molecule is Nc1ccc2ncn(CC3(O)CCN(C(=O)C4CCN(Cc5ccccc5)CC4c4ccccc4)CC3)c(=O)c2n1. The Kier molecular flexibility index (Phi) is 7.55. The van der Waals surface area contributed by atoms with Crippen molar-refractivity contribution in [1.82, 2.24) is 24.3 Å². The molecule has 2 fully saturated rings. The molecule has 2 aliphatic rings. The van der Waals surface area contributed by atoms with E-state index in [1.54, 1.807) is 12.1 Å². The van der Waals surface area contributed by atoms with E-state index in [4.69, 9.17) is 5.73 Å². The predicted octanol–water partition coefficient (Wildman–Crippen LogP) is 3.03. The normalized spacial score (nSPS) is 21.1. The summed E-state index contributed by atoms with van der Waals surface area (Å²) in [4.78, 5) is 39.8. The van der Waals surface area contributed by atoms with Gasteiger partial charge in [-0.05, 0) is 49.1 Å². The summed E-state index contributed by atoms with van der Waals surface area (Å²) in [7, 11) is 0. The van der Waals surface area contributed by atoms with Gasteiger partial charge in [-0.25, -0.2) is 9.97 Å². The highest BCUT2D eigenvalue weighted by Crippen LogP contribution is 2.36. The Labute approximate surface area is 239 Å². The number of hydrogen-bond donors (Lipinski definition) is 2. The fraction of sp³-hybridized carbons (Fsp3) is 0.375. The summed E-state index contributed by atoms with van der Waals surface area (Å²) in [5.41, 5.74) is 7.45. The molecule has 2 aromatic heterocycles. The van der Waals surface area contributed by atoms with Crippen LogP contribution >= 0.6 is 0 Å². The minimum Gasteiger partial charge on any atom is -0.388 e. The molecule has 0 saturated carbocycles. The van der Waals surface area contributed by atoms with E-state index in [-0.39, 0.29) is 41.2 Å². The number of benzene rings is 2. The van der Waals surface area contributed by atoms with Crippen molar-refractivity contribution >= 4 is 22.8 Å². The first kappa shape index (κ1) is 27.1. The summed E-state index contributed by atoms with van der Waals surface area (Å²) in [5.74, 6) is 0.396. The van der Waals surface area contributed by atoms with E-state index in [2.05, 4.69) is 51.3 Å². The molecule has 2 aliphatic heterocycles. The maximum Gasteiger partial charge on any atom is 0.280 e. The summed E-state index contributed by atoms with van der Waals surface area (Å²) >= 11 is 0. The Balaban J connectivity index is 1.14. The summed E-state index contributed by atoms with van der Waals surface area (Å²) in [6.45, 7) is 3.54. The van der Waals surface area contributed by atoms with Gasteiger partial charge in [-0.1, -0.05) is 60.7 Å². The van der Waals surface area contributed by atoms with Crippen LogP contribution in [0.5, 0.6) is 0 Å². The molecule has 0 radical (unpaired) electrons. The monoisotopic (exact) mass is 552 g/mol. The second-order valence-electron chi connectivity index (χ2n) is 11.5. The number of nitrogen functional groups attached to an aromatic ring is 1. The average Bonchev–Trinajstić information content (AvgIpc) is 3.00. The van der Waals surface area contributed by atoms with Gasteiger partial charge in [-0.15, -0.1) is 0 Å². The van der Waals surface area contributed by atoms with Crippen LogP contribution < -0.4 is 11.3 Å². The highest BCUT2D eigenvalue weighted by molar-refractivity contribution is 5.80. The number of pyridine rings is 1. The molecule has 2 unspecified atom stereocenters. The van der Waals surface area contributed by atoms with Gasteiger partial charge in [-0.2, -0.15) is 0 Å². The van der Waals surface area contributed by atoms with Gasteiger partial charge < -0.3 is 15.7 Å². The lowest BCUT2D eigenvalue weighted by Gasteiger charge is -2.43. The number of hydrogen-bond acceptors (Lipinski definition) is 7. The number of carbonyl (C=O) groups excluding carboxylic acids is 1. The van der Waals surface area contributed by atoms with Crippen molar-refractivity contribution in [3.63, 3.8) is 0 Å². The quantitative estimate of drug-likeness (QED) is 0.378. The van der Waals surface area contributed by atoms with Crippen LogP contribution in [0.4, 0.5) is 5.82 Å². The molecule has 6 rings (SSSR count). The van der Waals surface area contributed by atoms with E-state index in [1.807, 2.05) is 29.2 Å². The Morgan fingerprint density at radius 2 is 1.68 bits per heavy atom. The van der Waals surface area contributed by atoms with Gasteiger partial charge >= 0.3 is 0 Å². The smallest absolute Gasteiger partial charge is 0.280 e. The number of aliphatic hydroxyl groups is 1. The third kappa shape index (κ3) is 5.87. The van der Waals surface area contributed by atoms with Crippen molar-refractivity contribution in [1.29, 1.82) is 0 Å². The number of rotatable bonds is 6. The van der Waals surface area contributed by atoms with E-state index < -0.39 is 5.60 Å². The number of likely N-dealkylation sites (tertiary alicyclic amines) is 2. The summed E-state index contributed by atoms with van der Waals surface area (Å²) < 4.78 is 1.40. The second-order valence-corrected chi connectivity index (χ2v) is 11.5. The molecule has 4 aromatic rings. The van der Waals surface area contributed by atoms with Crippen molar-refractivity contribution < 1.29 is 9.90 Å². The molecule has 2 saturated heterocycles. The van der Waals surface area contributed by atoms with E-state index in [1.165, 1.54) is 22.0 Å². The molecule has 9 heteroatoms. The first-order valence-corrected chi connectivity index (χ1v) is 14.3. The van der Waals surface area contributed by atoms with Crippen LogP contribution in [0.2, 0.25) is 0 Å². The number of nitrogens with two attached hydrogens (primary N) is 1. The molecular formula is C32H36N6O3. The van der Waals surface area contributed by atoms with Gasteiger partial charge in [0.05, 0.1) is 24.0 Å². The standard InChI is InChI=1S/C32H36N6O3/c33-28-12-11-27-29(35-28)31(40)38(22-34-27)21-32(41)14-17-37(18-15-32)30(39)25-13-16-36(19-23-7-3-1-4-8-23)20-26(25)24-9-5-2-6-10-24/h1-12,22,25-26,41H,13-21H2,(H2,33,35). The van der Waals surface area contributed by atoms with Crippen molar-refractivity contribution in [3.8, 4) is 0 Å². The minimum atomic E-state index is -1.12. The molecular weight excluding hydrogens is 516 g/mol. The number of amides is 1. The van der Waals surface area contributed by atoms with Gasteiger partial charge in [0.15, 0.2) is 5.52 Å². The second kappa shape index (κ2) is 11.4. The van der Waals surface area contributed by atoms with Crippen LogP contribution in [0.1, 0.15) is 36.3 Å². The molecule has 0 bridgehead atoms. The zero-order valence-electron chi connectivity index (χ0n) is 23.1. The maximum atomic E-state index is 13.9. The van der Waals surface area contributed by atoms with Gasteiger partial charge in [-0.3, -0.25) is 19.1 Å². The predicted molar refractivity (Wildman–Crippen MR) is 158 cm³/mol. The van der Waals surface area contributed by atoms with Crippen LogP contribution in [0.3, 0.4) is 0 Å². The number of anilines is 1. The lowest BCUT2D eigenvalue weighted by atomic mass is 9.79. The number of carbonyl (C=O) groups is 1. The summed E-state index contributed by atoms with van der Waals surface area (Å²) in [5, 5.41) is 11.4. The minimum absolute atomic E-state index is 0.0950. The molecule has 212 valence electrons. The van der Waals surface area contributed by atoms with Crippen molar-refractivity contribution in [2.75, 3.05) is 31.9 Å². The molecule has 41 heavy (non-hydrogen) atoms. The number of fused-ring (bicyclic) bond motifs is 1. The fourth-order valence-corrected chi connectivity index (χ4v) is 6.35. The first-order chi connectivity index (χ1) is 19.9. The largest absolute Gasteiger partial charge is 0.388 e. The van der Waals surface area contributed by atoms with Crippen LogP contribution in [0, 0.1) is 5.92 Å². The van der Waals surface area contributed by atoms with Gasteiger partial charge in [0.2, 0.25) is 5.91 Å². The van der Waals surface area contributed by atoms with Crippen LogP contribution in [0.15, 0.2) is 83.9 Å². The molecule has 2 atom stereocenters.